The molecule has 0 amide bonds. The van der Waals surface area contributed by atoms with Crippen molar-refractivity contribution in [1.82, 2.24) is 10.2 Å². The van der Waals surface area contributed by atoms with E-state index in [1.807, 2.05) is 13.8 Å². The van der Waals surface area contributed by atoms with E-state index in [2.05, 4.69) is 17.1 Å². The zero-order valence-corrected chi connectivity index (χ0v) is 12.0. The van der Waals surface area contributed by atoms with E-state index in [0.717, 1.165) is 32.7 Å². The lowest BCUT2D eigenvalue weighted by Crippen LogP contribution is -2.58. The standard InChI is InChI=1S/C13H26N2O3/c1-5-14-13(3,12(16)17-4)10-15-7-6-8-18-11(2)9-15/h11,14H,5-10H2,1-4H3. The molecule has 0 saturated carbocycles. The van der Waals surface area contributed by atoms with Crippen molar-refractivity contribution in [3.63, 3.8) is 0 Å². The highest BCUT2D eigenvalue weighted by Crippen LogP contribution is 2.13. The molecule has 106 valence electrons. The van der Waals surface area contributed by atoms with E-state index in [-0.39, 0.29) is 12.1 Å². The SMILES string of the molecule is CCNC(C)(CN1CCCOC(C)C1)C(=O)OC. The molecule has 5 heteroatoms. The highest BCUT2D eigenvalue weighted by Gasteiger charge is 2.36. The first kappa shape index (κ1) is 15.4. The second-order valence-corrected chi connectivity index (χ2v) is 5.12. The molecule has 0 bridgehead atoms. The van der Waals surface area contributed by atoms with Crippen LogP contribution in [-0.2, 0) is 14.3 Å². The van der Waals surface area contributed by atoms with Gasteiger partial charge in [-0.2, -0.15) is 0 Å². The van der Waals surface area contributed by atoms with Gasteiger partial charge in [-0.1, -0.05) is 6.92 Å². The monoisotopic (exact) mass is 258 g/mol. The van der Waals surface area contributed by atoms with E-state index in [9.17, 15) is 4.79 Å². The summed E-state index contributed by atoms with van der Waals surface area (Å²) in [7, 11) is 1.44. The molecule has 1 aliphatic rings. The summed E-state index contributed by atoms with van der Waals surface area (Å²) in [5.74, 6) is -0.206. The fourth-order valence-corrected chi connectivity index (χ4v) is 2.48. The van der Waals surface area contributed by atoms with Crippen LogP contribution in [0, 0.1) is 0 Å². The van der Waals surface area contributed by atoms with Crippen LogP contribution in [0.4, 0.5) is 0 Å². The molecule has 0 spiro atoms. The molecule has 1 saturated heterocycles. The maximum atomic E-state index is 11.9. The highest BCUT2D eigenvalue weighted by atomic mass is 16.5. The van der Waals surface area contributed by atoms with E-state index in [1.54, 1.807) is 0 Å². The lowest BCUT2D eigenvalue weighted by molar-refractivity contribution is -0.148. The van der Waals surface area contributed by atoms with Gasteiger partial charge in [-0.3, -0.25) is 9.69 Å². The van der Waals surface area contributed by atoms with Gasteiger partial charge in [0, 0.05) is 26.2 Å². The Morgan fingerprint density at radius 1 is 1.61 bits per heavy atom. The minimum Gasteiger partial charge on any atom is -0.468 e. The van der Waals surface area contributed by atoms with E-state index in [0.29, 0.717) is 6.54 Å². The predicted octanol–water partition coefficient (Wildman–Crippen LogP) is 0.638. The average Bonchev–Trinajstić information content (AvgIpc) is 2.52. The van der Waals surface area contributed by atoms with Gasteiger partial charge < -0.3 is 14.8 Å². The molecule has 2 atom stereocenters. The summed E-state index contributed by atoms with van der Waals surface area (Å²) >= 11 is 0. The lowest BCUT2D eigenvalue weighted by Gasteiger charge is -2.33. The van der Waals surface area contributed by atoms with Crippen molar-refractivity contribution in [1.29, 1.82) is 0 Å². The summed E-state index contributed by atoms with van der Waals surface area (Å²) in [6.45, 7) is 9.98. The van der Waals surface area contributed by atoms with Gasteiger partial charge in [0.05, 0.1) is 13.2 Å². The van der Waals surface area contributed by atoms with Crippen LogP contribution in [0.15, 0.2) is 0 Å². The first-order valence-electron chi connectivity index (χ1n) is 6.69. The normalized spacial score (nSPS) is 25.2. The van der Waals surface area contributed by atoms with Crippen LogP contribution in [-0.4, -0.2) is 62.4 Å². The lowest BCUT2D eigenvalue weighted by atomic mass is 10.0. The zero-order chi connectivity index (χ0) is 13.6. The predicted molar refractivity (Wildman–Crippen MR) is 70.6 cm³/mol. The number of hydrogen-bond acceptors (Lipinski definition) is 5. The number of esters is 1. The van der Waals surface area contributed by atoms with Crippen LogP contribution in [0.3, 0.4) is 0 Å². The van der Waals surface area contributed by atoms with Crippen LogP contribution in [0.5, 0.6) is 0 Å². The van der Waals surface area contributed by atoms with Crippen molar-refractivity contribution >= 4 is 5.97 Å². The summed E-state index contributed by atoms with van der Waals surface area (Å²) < 4.78 is 10.5. The van der Waals surface area contributed by atoms with Gasteiger partial charge in [-0.05, 0) is 26.8 Å². The van der Waals surface area contributed by atoms with Gasteiger partial charge in [-0.25, -0.2) is 0 Å². The number of nitrogens with zero attached hydrogens (tertiary/aromatic N) is 1. The third kappa shape index (κ3) is 4.23. The van der Waals surface area contributed by atoms with Crippen molar-refractivity contribution < 1.29 is 14.3 Å². The Morgan fingerprint density at radius 2 is 2.33 bits per heavy atom. The van der Waals surface area contributed by atoms with Gasteiger partial charge in [-0.15, -0.1) is 0 Å². The molecular formula is C13H26N2O3. The van der Waals surface area contributed by atoms with E-state index in [4.69, 9.17) is 9.47 Å². The summed E-state index contributed by atoms with van der Waals surface area (Å²) in [5, 5.41) is 3.24. The molecule has 1 fully saturated rings. The van der Waals surface area contributed by atoms with Crippen LogP contribution in [0.25, 0.3) is 0 Å². The quantitative estimate of drug-likeness (QED) is 0.733. The molecule has 5 nitrogen and oxygen atoms in total. The number of carbonyl (C=O) groups is 1. The summed E-state index contributed by atoms with van der Waals surface area (Å²) in [5.41, 5.74) is -0.645. The molecule has 2 unspecified atom stereocenters. The molecular weight excluding hydrogens is 232 g/mol. The van der Waals surface area contributed by atoms with Gasteiger partial charge in [0.2, 0.25) is 0 Å². The molecule has 0 aromatic carbocycles. The largest absolute Gasteiger partial charge is 0.468 e. The van der Waals surface area contributed by atoms with Gasteiger partial charge >= 0.3 is 5.97 Å². The Balaban J connectivity index is 2.66. The number of rotatable bonds is 5. The molecule has 1 heterocycles. The van der Waals surface area contributed by atoms with Crippen LogP contribution in [0.1, 0.15) is 27.2 Å². The molecule has 1 aliphatic heterocycles. The number of methoxy groups -OCH3 is 1. The number of ether oxygens (including phenoxy) is 2. The van der Waals surface area contributed by atoms with Crippen molar-refractivity contribution in [2.45, 2.75) is 38.8 Å². The average molecular weight is 258 g/mol. The third-order valence-corrected chi connectivity index (χ3v) is 3.28. The Morgan fingerprint density at radius 3 is 2.94 bits per heavy atom. The van der Waals surface area contributed by atoms with Crippen LogP contribution < -0.4 is 5.32 Å². The van der Waals surface area contributed by atoms with Gasteiger partial charge in [0.1, 0.15) is 5.54 Å². The number of likely N-dealkylation sites (N-methyl/N-ethyl adjacent to an activating group) is 1. The molecule has 0 aliphatic carbocycles. The maximum absolute atomic E-state index is 11.9. The Labute approximate surface area is 110 Å². The number of carbonyl (C=O) groups excluding carboxylic acids is 1. The van der Waals surface area contributed by atoms with E-state index < -0.39 is 5.54 Å². The van der Waals surface area contributed by atoms with Gasteiger partial charge in [0.15, 0.2) is 0 Å². The molecule has 18 heavy (non-hydrogen) atoms. The Bertz CT molecular complexity index is 273. The van der Waals surface area contributed by atoms with Crippen molar-refractivity contribution in [3.8, 4) is 0 Å². The second kappa shape index (κ2) is 7.07. The topological polar surface area (TPSA) is 50.8 Å². The number of nitrogens with one attached hydrogen (secondary N) is 1. The first-order valence-corrected chi connectivity index (χ1v) is 6.69. The minimum absolute atomic E-state index is 0.206. The maximum Gasteiger partial charge on any atom is 0.327 e. The zero-order valence-electron chi connectivity index (χ0n) is 12.0. The fourth-order valence-electron chi connectivity index (χ4n) is 2.48. The summed E-state index contributed by atoms with van der Waals surface area (Å²) in [6, 6.07) is 0. The molecule has 0 aromatic heterocycles. The first-order chi connectivity index (χ1) is 8.51. The Kier molecular flexibility index (Phi) is 6.05. The van der Waals surface area contributed by atoms with Crippen molar-refractivity contribution in [2.24, 2.45) is 0 Å². The smallest absolute Gasteiger partial charge is 0.327 e. The van der Waals surface area contributed by atoms with Gasteiger partial charge in [0.25, 0.3) is 0 Å². The molecule has 1 rings (SSSR count). The van der Waals surface area contributed by atoms with Crippen molar-refractivity contribution in [3.05, 3.63) is 0 Å². The van der Waals surface area contributed by atoms with E-state index >= 15 is 0 Å². The third-order valence-electron chi connectivity index (χ3n) is 3.28. The van der Waals surface area contributed by atoms with E-state index in [1.165, 1.54) is 7.11 Å². The fraction of sp³-hybridized carbons (Fsp3) is 0.923. The molecule has 0 aromatic rings. The second-order valence-electron chi connectivity index (χ2n) is 5.12. The molecule has 0 radical (unpaired) electrons. The van der Waals surface area contributed by atoms with Crippen LogP contribution >= 0.6 is 0 Å². The Hall–Kier alpha value is -0.650. The minimum atomic E-state index is -0.645. The van der Waals surface area contributed by atoms with Crippen LogP contribution in [0.2, 0.25) is 0 Å². The summed E-state index contributed by atoms with van der Waals surface area (Å²) in [6.07, 6.45) is 1.23. The summed E-state index contributed by atoms with van der Waals surface area (Å²) in [4.78, 5) is 14.2. The molecule has 1 N–H and O–H groups in total. The highest BCUT2D eigenvalue weighted by molar-refractivity contribution is 5.80. The van der Waals surface area contributed by atoms with Crippen molar-refractivity contribution in [2.75, 3.05) is 39.9 Å². The number of hydrogen-bond donors (Lipinski definition) is 1.